The van der Waals surface area contributed by atoms with Gasteiger partial charge in [0.05, 0.1) is 16.7 Å². The van der Waals surface area contributed by atoms with E-state index in [0.717, 1.165) is 88.1 Å². The lowest BCUT2D eigenvalue weighted by Crippen LogP contribution is -2.57. The molecule has 6 heteroatoms. The van der Waals surface area contributed by atoms with E-state index in [2.05, 4.69) is 11.0 Å². The number of carbonyl (C=O) groups excluding carboxylic acids is 2. The minimum atomic E-state index is -0.279. The third-order valence-electron chi connectivity index (χ3n) is 9.46. The first-order valence-electron chi connectivity index (χ1n) is 13.4. The van der Waals surface area contributed by atoms with Gasteiger partial charge in [0.15, 0.2) is 0 Å². The zero-order valence-electron chi connectivity index (χ0n) is 20.1. The van der Waals surface area contributed by atoms with Crippen molar-refractivity contribution in [2.24, 2.45) is 23.2 Å². The predicted octanol–water partition coefficient (Wildman–Crippen LogP) is 3.80. The Bertz CT molecular complexity index is 979. The van der Waals surface area contributed by atoms with Crippen LogP contribution in [0, 0.1) is 34.5 Å². The van der Waals surface area contributed by atoms with Gasteiger partial charge in [-0.2, -0.15) is 5.26 Å². The molecule has 2 aliphatic heterocycles. The van der Waals surface area contributed by atoms with Crippen molar-refractivity contribution in [3.63, 3.8) is 0 Å². The highest BCUT2D eigenvalue weighted by molar-refractivity contribution is 5.91. The standard InChI is InChI=1S/C28H36N4O2/c29-19-23-5-1-2-6-24(23)30-8-4-9-31(12-11-30)26(33)25-7-3-10-32(25)27(34)28-16-20-13-21(17-28)15-22(14-20)18-28/h1-2,5-6,20-22,25H,3-4,7-18H2. The van der Waals surface area contributed by atoms with Crippen molar-refractivity contribution in [1.29, 1.82) is 5.26 Å². The lowest BCUT2D eigenvalue weighted by molar-refractivity contribution is -0.162. The molecule has 6 aliphatic rings. The molecule has 2 amide bonds. The Hall–Kier alpha value is -2.55. The first-order valence-corrected chi connectivity index (χ1v) is 13.4. The third-order valence-corrected chi connectivity index (χ3v) is 9.46. The summed E-state index contributed by atoms with van der Waals surface area (Å²) in [7, 11) is 0. The summed E-state index contributed by atoms with van der Waals surface area (Å²) in [4.78, 5) is 33.9. The number of carbonyl (C=O) groups is 2. The second kappa shape index (κ2) is 8.59. The maximum atomic E-state index is 14.0. The minimum Gasteiger partial charge on any atom is -0.369 e. The maximum absolute atomic E-state index is 14.0. The summed E-state index contributed by atoms with van der Waals surface area (Å²) < 4.78 is 0. The van der Waals surface area contributed by atoms with Crippen molar-refractivity contribution in [3.05, 3.63) is 29.8 Å². The van der Waals surface area contributed by atoms with Crippen LogP contribution in [-0.4, -0.2) is 60.4 Å². The summed E-state index contributed by atoms with van der Waals surface area (Å²) in [6, 6.07) is 9.74. The smallest absolute Gasteiger partial charge is 0.245 e. The van der Waals surface area contributed by atoms with Crippen molar-refractivity contribution >= 4 is 17.5 Å². The molecule has 1 atom stereocenters. The van der Waals surface area contributed by atoms with Gasteiger partial charge in [-0.05, 0) is 87.7 Å². The molecule has 180 valence electrons. The highest BCUT2D eigenvalue weighted by Gasteiger charge is 2.57. The van der Waals surface area contributed by atoms with Gasteiger partial charge in [0, 0.05) is 32.7 Å². The van der Waals surface area contributed by atoms with E-state index >= 15 is 0 Å². The summed E-state index contributed by atoms with van der Waals surface area (Å²) in [5, 5.41) is 9.49. The van der Waals surface area contributed by atoms with Crippen LogP contribution >= 0.6 is 0 Å². The molecule has 0 aromatic heterocycles. The van der Waals surface area contributed by atoms with Crippen LogP contribution < -0.4 is 4.90 Å². The van der Waals surface area contributed by atoms with Crippen molar-refractivity contribution in [2.45, 2.75) is 63.8 Å². The van der Waals surface area contributed by atoms with Gasteiger partial charge in [0.1, 0.15) is 12.1 Å². The third kappa shape index (κ3) is 3.68. The van der Waals surface area contributed by atoms with Gasteiger partial charge >= 0.3 is 0 Å². The van der Waals surface area contributed by atoms with E-state index in [9.17, 15) is 14.9 Å². The SMILES string of the molecule is N#Cc1ccccc1N1CCCN(C(=O)C2CCCN2C(=O)C23CC4CC(CC(C4)C2)C3)CC1. The van der Waals surface area contributed by atoms with E-state index in [1.807, 2.05) is 34.1 Å². The average molecular weight is 461 g/mol. The van der Waals surface area contributed by atoms with Crippen molar-refractivity contribution < 1.29 is 9.59 Å². The number of likely N-dealkylation sites (tertiary alicyclic amines) is 1. The summed E-state index contributed by atoms with van der Waals surface area (Å²) >= 11 is 0. The molecular formula is C28H36N4O2. The second-order valence-corrected chi connectivity index (χ2v) is 11.6. The zero-order chi connectivity index (χ0) is 23.3. The number of nitrogens with zero attached hydrogens (tertiary/aromatic N) is 4. The molecule has 4 aliphatic carbocycles. The molecule has 2 heterocycles. The molecule has 1 aromatic carbocycles. The Kier molecular flexibility index (Phi) is 5.54. The van der Waals surface area contributed by atoms with E-state index < -0.39 is 0 Å². The Labute approximate surface area is 202 Å². The molecule has 6 nitrogen and oxygen atoms in total. The van der Waals surface area contributed by atoms with E-state index in [1.54, 1.807) is 0 Å². The topological polar surface area (TPSA) is 67.7 Å². The summed E-state index contributed by atoms with van der Waals surface area (Å²) in [5.74, 6) is 2.66. The lowest BCUT2D eigenvalue weighted by Gasteiger charge is -2.56. The first kappa shape index (κ1) is 21.9. The number of rotatable bonds is 3. The van der Waals surface area contributed by atoms with E-state index in [0.29, 0.717) is 18.0 Å². The Morgan fingerprint density at radius 2 is 1.59 bits per heavy atom. The fraction of sp³-hybridized carbons (Fsp3) is 0.679. The van der Waals surface area contributed by atoms with Crippen LogP contribution in [0.2, 0.25) is 0 Å². The molecule has 6 fully saturated rings. The lowest BCUT2D eigenvalue weighted by atomic mass is 9.49. The van der Waals surface area contributed by atoms with Gasteiger partial charge in [-0.3, -0.25) is 9.59 Å². The number of para-hydroxylation sites is 1. The number of hydrogen-bond acceptors (Lipinski definition) is 4. The monoisotopic (exact) mass is 460 g/mol. The van der Waals surface area contributed by atoms with E-state index in [-0.39, 0.29) is 17.4 Å². The van der Waals surface area contributed by atoms with Gasteiger partial charge in [0.2, 0.25) is 11.8 Å². The molecule has 2 saturated heterocycles. The molecule has 34 heavy (non-hydrogen) atoms. The molecule has 0 N–H and O–H groups in total. The molecule has 1 unspecified atom stereocenters. The molecule has 0 spiro atoms. The molecule has 4 saturated carbocycles. The van der Waals surface area contributed by atoms with Gasteiger partial charge in [0.25, 0.3) is 0 Å². The first-order chi connectivity index (χ1) is 16.6. The van der Waals surface area contributed by atoms with E-state index in [1.165, 1.54) is 19.3 Å². The van der Waals surface area contributed by atoms with Gasteiger partial charge in [-0.15, -0.1) is 0 Å². The van der Waals surface area contributed by atoms with Crippen molar-refractivity contribution in [3.8, 4) is 6.07 Å². The van der Waals surface area contributed by atoms with Crippen LogP contribution in [0.1, 0.15) is 63.4 Å². The van der Waals surface area contributed by atoms with Gasteiger partial charge < -0.3 is 14.7 Å². The van der Waals surface area contributed by atoms with E-state index in [4.69, 9.17) is 0 Å². The molecule has 1 aromatic rings. The van der Waals surface area contributed by atoms with Gasteiger partial charge in [-0.25, -0.2) is 0 Å². The largest absolute Gasteiger partial charge is 0.369 e. The van der Waals surface area contributed by atoms with Crippen LogP contribution in [0.25, 0.3) is 0 Å². The quantitative estimate of drug-likeness (QED) is 0.688. The van der Waals surface area contributed by atoms with Crippen molar-refractivity contribution in [2.75, 3.05) is 37.6 Å². The van der Waals surface area contributed by atoms with Crippen LogP contribution in [-0.2, 0) is 9.59 Å². The Balaban J connectivity index is 1.15. The number of benzene rings is 1. The second-order valence-electron chi connectivity index (χ2n) is 11.6. The number of nitriles is 1. The number of anilines is 1. The van der Waals surface area contributed by atoms with Crippen LogP contribution in [0.15, 0.2) is 24.3 Å². The van der Waals surface area contributed by atoms with Crippen LogP contribution in [0.4, 0.5) is 5.69 Å². The fourth-order valence-corrected chi connectivity index (χ4v) is 8.38. The summed E-state index contributed by atoms with van der Waals surface area (Å²) in [6.07, 6.45) is 9.78. The summed E-state index contributed by atoms with van der Waals surface area (Å²) in [5.41, 5.74) is 1.47. The highest BCUT2D eigenvalue weighted by Crippen LogP contribution is 2.60. The zero-order valence-corrected chi connectivity index (χ0v) is 20.1. The fourth-order valence-electron chi connectivity index (χ4n) is 8.38. The van der Waals surface area contributed by atoms with Crippen LogP contribution in [0.3, 0.4) is 0 Å². The molecule has 0 radical (unpaired) electrons. The van der Waals surface area contributed by atoms with Crippen LogP contribution in [0.5, 0.6) is 0 Å². The van der Waals surface area contributed by atoms with Crippen molar-refractivity contribution in [1.82, 2.24) is 9.80 Å². The highest BCUT2D eigenvalue weighted by atomic mass is 16.2. The van der Waals surface area contributed by atoms with Gasteiger partial charge in [-0.1, -0.05) is 12.1 Å². The Morgan fingerprint density at radius 1 is 0.882 bits per heavy atom. The summed E-state index contributed by atoms with van der Waals surface area (Å²) in [6.45, 7) is 3.67. The predicted molar refractivity (Wildman–Crippen MR) is 130 cm³/mol. The number of hydrogen-bond donors (Lipinski definition) is 0. The minimum absolute atomic E-state index is 0.144. The maximum Gasteiger partial charge on any atom is 0.245 e. The average Bonchev–Trinajstić information content (AvgIpc) is 3.19. The normalized spacial score (nSPS) is 34.7. The molecule has 4 bridgehead atoms. The molecular weight excluding hydrogens is 424 g/mol. The Morgan fingerprint density at radius 3 is 2.29 bits per heavy atom. The number of amides is 2. The molecule has 7 rings (SSSR count).